The normalized spacial score (nSPS) is 12.5. The van der Waals surface area contributed by atoms with Crippen LogP contribution >= 0.6 is 11.6 Å². The average molecular weight is 339 g/mol. The molecule has 2 rings (SSSR count). The summed E-state index contributed by atoms with van der Waals surface area (Å²) in [6.07, 6.45) is 0. The molecule has 0 saturated carbocycles. The molecule has 1 amide bonds. The predicted molar refractivity (Wildman–Crippen MR) is 87.4 cm³/mol. The van der Waals surface area contributed by atoms with Gasteiger partial charge < -0.3 is 14.8 Å². The van der Waals surface area contributed by atoms with Gasteiger partial charge in [0.2, 0.25) is 5.91 Å². The van der Waals surface area contributed by atoms with Gasteiger partial charge in [0.1, 0.15) is 11.6 Å². The van der Waals surface area contributed by atoms with Gasteiger partial charge in [0, 0.05) is 37.5 Å². The summed E-state index contributed by atoms with van der Waals surface area (Å²) < 4.78 is 5.50. The first-order valence-electron chi connectivity index (χ1n) is 7.27. The standard InChI is InChI=1S/C16H19ClN2O4/c1-10(16(21)22)19(8-7-18-11(2)20)9-13-12-5-3-4-6-14(12)23-15(13)17/h3-6,10H,7-9H2,1-2H3,(H,18,20)(H,21,22). The number of hydrogen-bond acceptors (Lipinski definition) is 4. The van der Waals surface area contributed by atoms with E-state index in [4.69, 9.17) is 16.0 Å². The Bertz CT molecular complexity index is 713. The fourth-order valence-corrected chi connectivity index (χ4v) is 2.61. The maximum absolute atomic E-state index is 11.3. The summed E-state index contributed by atoms with van der Waals surface area (Å²) in [5.74, 6) is -1.09. The second-order valence-corrected chi connectivity index (χ2v) is 5.66. The molecule has 0 aliphatic heterocycles. The Hall–Kier alpha value is -2.05. The zero-order valence-electron chi connectivity index (χ0n) is 13.0. The van der Waals surface area contributed by atoms with Gasteiger partial charge >= 0.3 is 5.97 Å². The van der Waals surface area contributed by atoms with Crippen molar-refractivity contribution in [2.45, 2.75) is 26.4 Å². The lowest BCUT2D eigenvalue weighted by Crippen LogP contribution is -2.42. The van der Waals surface area contributed by atoms with E-state index in [1.54, 1.807) is 11.8 Å². The first-order chi connectivity index (χ1) is 10.9. The van der Waals surface area contributed by atoms with Crippen LogP contribution in [0.5, 0.6) is 0 Å². The monoisotopic (exact) mass is 338 g/mol. The highest BCUT2D eigenvalue weighted by atomic mass is 35.5. The quantitative estimate of drug-likeness (QED) is 0.810. The second-order valence-electron chi connectivity index (χ2n) is 5.32. The SMILES string of the molecule is CC(=O)NCCN(Cc1c(Cl)oc2ccccc12)C(C)C(=O)O. The van der Waals surface area contributed by atoms with Crippen molar-refractivity contribution < 1.29 is 19.1 Å². The molecule has 23 heavy (non-hydrogen) atoms. The lowest BCUT2D eigenvalue weighted by molar-refractivity contribution is -0.142. The summed E-state index contributed by atoms with van der Waals surface area (Å²) in [5.41, 5.74) is 1.41. The molecule has 0 bridgehead atoms. The summed E-state index contributed by atoms with van der Waals surface area (Å²) in [6, 6.07) is 6.71. The summed E-state index contributed by atoms with van der Waals surface area (Å²) in [4.78, 5) is 24.1. The Balaban J connectivity index is 2.22. The van der Waals surface area contributed by atoms with Crippen molar-refractivity contribution in [2.24, 2.45) is 0 Å². The zero-order valence-corrected chi connectivity index (χ0v) is 13.8. The molecule has 1 heterocycles. The molecular formula is C16H19ClN2O4. The number of carbonyl (C=O) groups is 2. The minimum absolute atomic E-state index is 0.153. The molecule has 0 aliphatic rings. The number of nitrogens with zero attached hydrogens (tertiary/aromatic N) is 1. The lowest BCUT2D eigenvalue weighted by atomic mass is 10.1. The Labute approximate surface area is 139 Å². The molecule has 1 atom stereocenters. The van der Waals surface area contributed by atoms with E-state index >= 15 is 0 Å². The summed E-state index contributed by atoms with van der Waals surface area (Å²) in [5, 5.41) is 13.1. The molecule has 2 N–H and O–H groups in total. The van der Waals surface area contributed by atoms with Crippen molar-refractivity contribution in [3.63, 3.8) is 0 Å². The molecule has 124 valence electrons. The number of aliphatic carboxylic acids is 1. The Morgan fingerprint density at radius 2 is 2.09 bits per heavy atom. The number of carboxylic acids is 1. The first-order valence-corrected chi connectivity index (χ1v) is 7.65. The van der Waals surface area contributed by atoms with Gasteiger partial charge in [0.25, 0.3) is 0 Å². The van der Waals surface area contributed by atoms with Gasteiger partial charge in [-0.2, -0.15) is 0 Å². The van der Waals surface area contributed by atoms with Crippen LogP contribution in [0.3, 0.4) is 0 Å². The van der Waals surface area contributed by atoms with E-state index < -0.39 is 12.0 Å². The molecule has 0 fully saturated rings. The molecule has 0 aliphatic carbocycles. The van der Waals surface area contributed by atoms with Crippen LogP contribution in [0, 0.1) is 0 Å². The number of furan rings is 1. The van der Waals surface area contributed by atoms with Crippen molar-refractivity contribution in [1.29, 1.82) is 0 Å². The Morgan fingerprint density at radius 3 is 2.74 bits per heavy atom. The third-order valence-electron chi connectivity index (χ3n) is 3.69. The number of halogens is 1. The third-order valence-corrected chi connectivity index (χ3v) is 3.99. The zero-order chi connectivity index (χ0) is 17.0. The smallest absolute Gasteiger partial charge is 0.320 e. The van der Waals surface area contributed by atoms with Gasteiger partial charge in [-0.1, -0.05) is 18.2 Å². The van der Waals surface area contributed by atoms with E-state index in [2.05, 4.69) is 5.32 Å². The third kappa shape index (κ3) is 4.24. The molecule has 1 aromatic heterocycles. The number of carbonyl (C=O) groups excluding carboxylic acids is 1. The topological polar surface area (TPSA) is 82.8 Å². The molecule has 0 radical (unpaired) electrons. The van der Waals surface area contributed by atoms with Crippen LogP contribution < -0.4 is 5.32 Å². The summed E-state index contributed by atoms with van der Waals surface area (Å²) in [7, 11) is 0. The minimum atomic E-state index is -0.934. The molecule has 2 aromatic rings. The van der Waals surface area contributed by atoms with E-state index in [1.807, 2.05) is 24.3 Å². The Morgan fingerprint density at radius 1 is 1.39 bits per heavy atom. The summed E-state index contributed by atoms with van der Waals surface area (Å²) in [6.45, 7) is 4.10. The maximum Gasteiger partial charge on any atom is 0.320 e. The van der Waals surface area contributed by atoms with Crippen molar-refractivity contribution >= 4 is 34.4 Å². The van der Waals surface area contributed by atoms with Crippen LogP contribution in [0.2, 0.25) is 5.22 Å². The van der Waals surface area contributed by atoms with E-state index in [0.717, 1.165) is 10.9 Å². The van der Waals surface area contributed by atoms with Gasteiger partial charge in [-0.05, 0) is 24.6 Å². The van der Waals surface area contributed by atoms with Gasteiger partial charge in [-0.3, -0.25) is 14.5 Å². The van der Waals surface area contributed by atoms with Gasteiger partial charge in [0.15, 0.2) is 5.22 Å². The number of carboxylic acid groups (broad SMARTS) is 1. The number of nitrogens with one attached hydrogen (secondary N) is 1. The van der Waals surface area contributed by atoms with Gasteiger partial charge in [-0.25, -0.2) is 0 Å². The average Bonchev–Trinajstić information content (AvgIpc) is 2.81. The fourth-order valence-electron chi connectivity index (χ4n) is 2.36. The molecule has 1 aromatic carbocycles. The highest BCUT2D eigenvalue weighted by molar-refractivity contribution is 6.30. The predicted octanol–water partition coefficient (Wildman–Crippen LogP) is 2.50. The Kier molecular flexibility index (Phi) is 5.63. The second kappa shape index (κ2) is 7.48. The molecule has 0 saturated heterocycles. The van der Waals surface area contributed by atoms with Crippen LogP contribution in [0.15, 0.2) is 28.7 Å². The number of hydrogen-bond donors (Lipinski definition) is 2. The van der Waals surface area contributed by atoms with Crippen LogP contribution in [-0.2, 0) is 16.1 Å². The van der Waals surface area contributed by atoms with Crippen LogP contribution in [0.25, 0.3) is 11.0 Å². The van der Waals surface area contributed by atoms with Crippen molar-refractivity contribution in [1.82, 2.24) is 10.2 Å². The van der Waals surface area contributed by atoms with E-state index in [-0.39, 0.29) is 11.1 Å². The van der Waals surface area contributed by atoms with E-state index in [1.165, 1.54) is 6.92 Å². The number of rotatable bonds is 7. The molecule has 7 heteroatoms. The van der Waals surface area contributed by atoms with E-state index in [0.29, 0.717) is 25.2 Å². The minimum Gasteiger partial charge on any atom is -0.480 e. The lowest BCUT2D eigenvalue weighted by Gasteiger charge is -2.26. The number of benzene rings is 1. The highest BCUT2D eigenvalue weighted by Gasteiger charge is 2.23. The van der Waals surface area contributed by atoms with E-state index in [9.17, 15) is 14.7 Å². The van der Waals surface area contributed by atoms with Crippen molar-refractivity contribution in [3.05, 3.63) is 35.0 Å². The summed E-state index contributed by atoms with van der Waals surface area (Å²) >= 11 is 6.17. The number of amides is 1. The fraction of sp³-hybridized carbons (Fsp3) is 0.375. The number of fused-ring (bicyclic) bond motifs is 1. The van der Waals surface area contributed by atoms with Crippen molar-refractivity contribution in [3.8, 4) is 0 Å². The van der Waals surface area contributed by atoms with Crippen LogP contribution in [0.4, 0.5) is 0 Å². The first kappa shape index (κ1) is 17.3. The van der Waals surface area contributed by atoms with Crippen LogP contribution in [0.1, 0.15) is 19.4 Å². The molecule has 6 nitrogen and oxygen atoms in total. The largest absolute Gasteiger partial charge is 0.480 e. The van der Waals surface area contributed by atoms with Crippen molar-refractivity contribution in [2.75, 3.05) is 13.1 Å². The van der Waals surface area contributed by atoms with Gasteiger partial charge in [0.05, 0.1) is 0 Å². The number of para-hydroxylation sites is 1. The molecular weight excluding hydrogens is 320 g/mol. The molecule has 1 unspecified atom stereocenters. The van der Waals surface area contributed by atoms with Crippen LogP contribution in [-0.4, -0.2) is 41.0 Å². The molecule has 0 spiro atoms. The maximum atomic E-state index is 11.3. The van der Waals surface area contributed by atoms with Gasteiger partial charge in [-0.15, -0.1) is 0 Å². The highest BCUT2D eigenvalue weighted by Crippen LogP contribution is 2.30.